The van der Waals surface area contributed by atoms with Crippen molar-refractivity contribution in [2.24, 2.45) is 0 Å². The second kappa shape index (κ2) is 5.50. The molecule has 0 aliphatic carbocycles. The third-order valence-electron chi connectivity index (χ3n) is 2.91. The number of halogens is 6. The van der Waals surface area contributed by atoms with E-state index in [9.17, 15) is 34.8 Å². The summed E-state index contributed by atoms with van der Waals surface area (Å²) >= 11 is 0. The second-order valence-electron chi connectivity index (χ2n) is 5.05. The molecule has 0 saturated carbocycles. The van der Waals surface area contributed by atoms with Gasteiger partial charge in [0, 0.05) is 12.8 Å². The van der Waals surface area contributed by atoms with E-state index in [2.05, 4.69) is 17.2 Å². The molecular formula is C10H16F6N3O3P. The molecule has 136 valence electrons. The number of amides is 2. The van der Waals surface area contributed by atoms with Crippen molar-refractivity contribution in [2.75, 3.05) is 0 Å². The Hall–Kier alpha value is -1.58. The minimum absolute atomic E-state index is 0.229. The molecule has 6 nitrogen and oxygen atoms in total. The Morgan fingerprint density at radius 1 is 1.17 bits per heavy atom. The zero-order valence-corrected chi connectivity index (χ0v) is 13.1. The first-order chi connectivity index (χ1) is 10.1. The molecule has 1 saturated heterocycles. The minimum atomic E-state index is -10.7. The van der Waals surface area contributed by atoms with Gasteiger partial charge in [0.25, 0.3) is 11.8 Å². The number of hydrogen-bond donors (Lipinski definition) is 2. The molecule has 13 heteroatoms. The second-order valence-corrected chi connectivity index (χ2v) is 6.97. The molecule has 2 aliphatic heterocycles. The molecule has 2 unspecified atom stereocenters. The molecular weight excluding hydrogens is 355 g/mol. The SMILES string of the molecule is CCC1[NH+]=C(ON2C(=O)CCC2=O)NC1C.F[P-](F)(F)(F)(F)F. The predicted octanol–water partition coefficient (Wildman–Crippen LogP) is 1.66. The Labute approximate surface area is 127 Å². The van der Waals surface area contributed by atoms with Gasteiger partial charge in [0.15, 0.2) is 0 Å². The van der Waals surface area contributed by atoms with Crippen molar-refractivity contribution in [1.29, 1.82) is 0 Å². The summed E-state index contributed by atoms with van der Waals surface area (Å²) in [5.74, 6) is -0.567. The third kappa shape index (κ3) is 8.00. The first-order valence-electron chi connectivity index (χ1n) is 6.57. The van der Waals surface area contributed by atoms with E-state index >= 15 is 0 Å². The van der Waals surface area contributed by atoms with Gasteiger partial charge in [-0.25, -0.2) is 10.3 Å². The standard InChI is InChI=1S/C10H15N3O3.F6P/c1-3-7-6(2)11-10(12-7)16-13-8(14)4-5-9(13)15;1-7(2,3,4,5)6/h6-7H,3-5H2,1-2H3,(H,11,12);/q;-1/p+1. The van der Waals surface area contributed by atoms with Gasteiger partial charge in [-0.3, -0.25) is 14.4 Å². The summed E-state index contributed by atoms with van der Waals surface area (Å²) in [6.45, 7) is 4.08. The molecule has 2 heterocycles. The Bertz CT molecular complexity index is 507. The number of carbonyl (C=O) groups is 2. The van der Waals surface area contributed by atoms with Gasteiger partial charge in [0.05, 0.1) is 0 Å². The number of hydroxylamine groups is 2. The van der Waals surface area contributed by atoms with E-state index in [0.717, 1.165) is 11.5 Å². The average molecular weight is 371 g/mol. The van der Waals surface area contributed by atoms with Crippen LogP contribution in [0.3, 0.4) is 0 Å². The van der Waals surface area contributed by atoms with Crippen LogP contribution in [0.5, 0.6) is 0 Å². The summed E-state index contributed by atoms with van der Waals surface area (Å²) in [6.07, 6.45) is 1.42. The molecule has 2 rings (SSSR count). The fourth-order valence-corrected chi connectivity index (χ4v) is 1.90. The van der Waals surface area contributed by atoms with E-state index in [4.69, 9.17) is 4.84 Å². The van der Waals surface area contributed by atoms with E-state index in [0.29, 0.717) is 6.02 Å². The van der Waals surface area contributed by atoms with E-state index < -0.39 is 7.81 Å². The Kier molecular flexibility index (Phi) is 4.65. The molecule has 0 aromatic rings. The van der Waals surface area contributed by atoms with E-state index in [1.165, 1.54) is 0 Å². The van der Waals surface area contributed by atoms with Crippen LogP contribution in [0, 0.1) is 0 Å². The summed E-state index contributed by atoms with van der Waals surface area (Å²) in [7, 11) is -10.7. The van der Waals surface area contributed by atoms with Crippen molar-refractivity contribution in [1.82, 2.24) is 10.4 Å². The molecule has 2 atom stereocenters. The van der Waals surface area contributed by atoms with Gasteiger partial charge in [0.1, 0.15) is 12.1 Å². The molecule has 2 aliphatic rings. The maximum atomic E-state index is 11.3. The van der Waals surface area contributed by atoms with Crippen molar-refractivity contribution in [3.63, 3.8) is 0 Å². The van der Waals surface area contributed by atoms with Gasteiger partial charge in [-0.15, -0.1) is 0 Å². The van der Waals surface area contributed by atoms with Crippen LogP contribution >= 0.6 is 7.81 Å². The molecule has 0 spiro atoms. The van der Waals surface area contributed by atoms with Gasteiger partial charge in [-0.2, -0.15) is 0 Å². The molecule has 0 radical (unpaired) electrons. The van der Waals surface area contributed by atoms with Crippen LogP contribution in [0.2, 0.25) is 0 Å². The van der Waals surface area contributed by atoms with Crippen LogP contribution in [0.1, 0.15) is 33.1 Å². The normalized spacial score (nSPS) is 27.5. The van der Waals surface area contributed by atoms with Crippen LogP contribution in [-0.2, 0) is 14.4 Å². The summed E-state index contributed by atoms with van der Waals surface area (Å²) in [5.41, 5.74) is 0. The third-order valence-corrected chi connectivity index (χ3v) is 2.91. The predicted molar refractivity (Wildman–Crippen MR) is 68.4 cm³/mol. The van der Waals surface area contributed by atoms with Crippen molar-refractivity contribution in [3.8, 4) is 0 Å². The molecule has 2 amide bonds. The number of imide groups is 1. The zero-order valence-electron chi connectivity index (χ0n) is 12.2. The zero-order chi connectivity index (χ0) is 18.1. The summed E-state index contributed by atoms with van der Waals surface area (Å²) in [5, 5.41) is 3.89. The Morgan fingerprint density at radius 2 is 1.61 bits per heavy atom. The van der Waals surface area contributed by atoms with Crippen LogP contribution in [0.4, 0.5) is 25.2 Å². The Morgan fingerprint density at radius 3 is 1.96 bits per heavy atom. The van der Waals surface area contributed by atoms with Crippen LogP contribution in [-0.4, -0.2) is 35.0 Å². The topological polar surface area (TPSA) is 72.6 Å². The van der Waals surface area contributed by atoms with Gasteiger partial charge in [-0.05, 0) is 13.3 Å². The molecule has 1 fully saturated rings. The van der Waals surface area contributed by atoms with Crippen LogP contribution in [0.25, 0.3) is 0 Å². The number of nitrogens with zero attached hydrogens (tertiary/aromatic N) is 1. The summed E-state index contributed by atoms with van der Waals surface area (Å²) in [6, 6.07) is 0.888. The monoisotopic (exact) mass is 371 g/mol. The van der Waals surface area contributed by atoms with Gasteiger partial charge in [-0.1, -0.05) is 12.0 Å². The van der Waals surface area contributed by atoms with E-state index in [1.807, 2.05) is 6.92 Å². The van der Waals surface area contributed by atoms with Crippen molar-refractivity contribution in [2.45, 2.75) is 45.2 Å². The molecule has 0 aromatic carbocycles. The van der Waals surface area contributed by atoms with E-state index in [1.54, 1.807) is 0 Å². The number of nitrogens with one attached hydrogen (secondary N) is 2. The first kappa shape index (κ1) is 19.5. The fraction of sp³-hybridized carbons (Fsp3) is 0.700. The van der Waals surface area contributed by atoms with E-state index in [-0.39, 0.29) is 36.7 Å². The molecule has 23 heavy (non-hydrogen) atoms. The quantitative estimate of drug-likeness (QED) is 0.440. The van der Waals surface area contributed by atoms with Gasteiger partial charge < -0.3 is 0 Å². The fourth-order valence-electron chi connectivity index (χ4n) is 1.90. The van der Waals surface area contributed by atoms with Crippen LogP contribution in [0.15, 0.2) is 0 Å². The van der Waals surface area contributed by atoms with Crippen molar-refractivity contribution in [3.05, 3.63) is 0 Å². The summed E-state index contributed by atoms with van der Waals surface area (Å²) < 4.78 is 59.2. The average Bonchev–Trinajstić information content (AvgIpc) is 2.82. The number of hydrogen-bond acceptors (Lipinski definition) is 4. The van der Waals surface area contributed by atoms with Crippen molar-refractivity contribution < 1.29 is 44.6 Å². The molecule has 2 N–H and O–H groups in total. The van der Waals surface area contributed by atoms with Crippen molar-refractivity contribution >= 4 is 25.6 Å². The molecule has 0 aromatic heterocycles. The number of rotatable bonds is 2. The Balaban J connectivity index is 0.000000322. The van der Waals surface area contributed by atoms with Crippen LogP contribution < -0.4 is 10.3 Å². The maximum absolute atomic E-state index is 11.3. The van der Waals surface area contributed by atoms with Gasteiger partial charge >= 0.3 is 39.0 Å². The summed E-state index contributed by atoms with van der Waals surface area (Å²) in [4.78, 5) is 31.0. The molecule has 0 bridgehead atoms. The first-order valence-corrected chi connectivity index (χ1v) is 8.60. The number of amidine groups is 1. The van der Waals surface area contributed by atoms with Gasteiger partial charge in [0.2, 0.25) is 0 Å². The number of carbonyl (C=O) groups excluding carboxylic acids is 2.